The topological polar surface area (TPSA) is 97.6 Å². The van der Waals surface area contributed by atoms with Crippen molar-refractivity contribution in [3.05, 3.63) is 112 Å². The molecule has 0 aliphatic rings. The quantitative estimate of drug-likeness (QED) is 0.142. The van der Waals surface area contributed by atoms with E-state index in [0.29, 0.717) is 40.5 Å². The molecule has 218 valence electrons. The number of hydrogen-bond acceptors (Lipinski definition) is 9. The van der Waals surface area contributed by atoms with Gasteiger partial charge in [-0.05, 0) is 67.5 Å². The van der Waals surface area contributed by atoms with Gasteiger partial charge in [0.2, 0.25) is 5.88 Å². The first-order chi connectivity index (χ1) is 21.1. The Balaban J connectivity index is 1.17. The Bertz CT molecular complexity index is 1820. The van der Waals surface area contributed by atoms with Crippen molar-refractivity contribution in [2.24, 2.45) is 0 Å². The maximum atomic E-state index is 6.23. The standard InChI is InChI=1S/C33H30N4O5S/c1-4-31-34-25(21-43-31)14-13-24-18-37(26-9-6-5-7-10-26)36-32(24)41-19-23-12-15-28(30(17-23)38-3)40-20-27-22(2)42-33(35-27)29-11-8-16-39-29/h5-18,21H,4,19-20H2,1-3H3/b14-13-. The van der Waals surface area contributed by atoms with Gasteiger partial charge in [-0.25, -0.2) is 14.6 Å². The van der Waals surface area contributed by atoms with Gasteiger partial charge in [-0.15, -0.1) is 16.4 Å². The third kappa shape index (κ3) is 6.54. The van der Waals surface area contributed by atoms with Crippen molar-refractivity contribution >= 4 is 23.5 Å². The van der Waals surface area contributed by atoms with Crippen molar-refractivity contribution < 1.29 is 23.0 Å². The van der Waals surface area contributed by atoms with E-state index in [1.54, 1.807) is 36.8 Å². The zero-order valence-electron chi connectivity index (χ0n) is 24.0. The first-order valence-electron chi connectivity index (χ1n) is 13.8. The fraction of sp³-hybridized carbons (Fsp3) is 0.182. The summed E-state index contributed by atoms with van der Waals surface area (Å²) in [4.78, 5) is 9.15. The van der Waals surface area contributed by atoms with Crippen molar-refractivity contribution in [2.45, 2.75) is 33.5 Å². The highest BCUT2D eigenvalue weighted by Crippen LogP contribution is 2.31. The Labute approximate surface area is 253 Å². The summed E-state index contributed by atoms with van der Waals surface area (Å²) >= 11 is 1.66. The second-order valence-corrected chi connectivity index (χ2v) is 10.5. The van der Waals surface area contributed by atoms with Crippen LogP contribution in [0.15, 0.2) is 87.3 Å². The molecule has 6 aromatic rings. The molecule has 6 rings (SSSR count). The van der Waals surface area contributed by atoms with E-state index in [4.69, 9.17) is 28.1 Å². The Morgan fingerprint density at radius 2 is 1.84 bits per heavy atom. The summed E-state index contributed by atoms with van der Waals surface area (Å²) in [5.74, 6) is 3.33. The van der Waals surface area contributed by atoms with Gasteiger partial charge in [0.25, 0.3) is 5.89 Å². The van der Waals surface area contributed by atoms with E-state index in [2.05, 4.69) is 22.3 Å². The fourth-order valence-corrected chi connectivity index (χ4v) is 5.05. The van der Waals surface area contributed by atoms with Crippen molar-refractivity contribution in [1.82, 2.24) is 19.7 Å². The number of oxazole rings is 1. The number of benzene rings is 2. The van der Waals surface area contributed by atoms with E-state index in [1.807, 2.05) is 78.5 Å². The van der Waals surface area contributed by atoms with E-state index in [0.717, 1.165) is 33.9 Å². The van der Waals surface area contributed by atoms with Crippen molar-refractivity contribution in [3.8, 4) is 34.7 Å². The van der Waals surface area contributed by atoms with Crippen LogP contribution in [0.3, 0.4) is 0 Å². The Morgan fingerprint density at radius 1 is 0.953 bits per heavy atom. The van der Waals surface area contributed by atoms with Gasteiger partial charge in [-0.1, -0.05) is 31.2 Å². The average Bonchev–Trinajstić information content (AvgIpc) is 3.86. The Hall–Kier alpha value is -5.09. The maximum absolute atomic E-state index is 6.23. The molecule has 0 spiro atoms. The molecule has 0 aliphatic heterocycles. The average molecular weight is 595 g/mol. The summed E-state index contributed by atoms with van der Waals surface area (Å²) in [6.45, 7) is 4.45. The van der Waals surface area contributed by atoms with Crippen LogP contribution in [-0.4, -0.2) is 26.9 Å². The van der Waals surface area contributed by atoms with Crippen LogP contribution in [-0.2, 0) is 19.6 Å². The normalized spacial score (nSPS) is 11.3. The molecule has 0 aliphatic carbocycles. The molecule has 0 N–H and O–H groups in total. The molecule has 43 heavy (non-hydrogen) atoms. The molecule has 0 atom stereocenters. The number of nitrogens with zero attached hydrogens (tertiary/aromatic N) is 4. The molecule has 0 saturated carbocycles. The molecule has 0 amide bonds. The highest BCUT2D eigenvalue weighted by Gasteiger charge is 2.16. The van der Waals surface area contributed by atoms with Crippen LogP contribution in [0.2, 0.25) is 0 Å². The molecule has 4 heterocycles. The van der Waals surface area contributed by atoms with Gasteiger partial charge in [-0.3, -0.25) is 0 Å². The van der Waals surface area contributed by atoms with Crippen LogP contribution in [0, 0.1) is 6.92 Å². The lowest BCUT2D eigenvalue weighted by Gasteiger charge is -2.12. The lowest BCUT2D eigenvalue weighted by atomic mass is 10.2. The third-order valence-electron chi connectivity index (χ3n) is 6.63. The van der Waals surface area contributed by atoms with Crippen LogP contribution in [0.4, 0.5) is 0 Å². The van der Waals surface area contributed by atoms with E-state index in [9.17, 15) is 0 Å². The molecule has 0 saturated heterocycles. The van der Waals surface area contributed by atoms with E-state index in [1.165, 1.54) is 0 Å². The molecule has 0 bridgehead atoms. The summed E-state index contributed by atoms with van der Waals surface area (Å²) in [5.41, 5.74) is 4.28. The molecule has 2 aromatic carbocycles. The second-order valence-electron chi connectivity index (χ2n) is 9.58. The molecule has 0 unspecified atom stereocenters. The van der Waals surface area contributed by atoms with Crippen LogP contribution >= 0.6 is 11.3 Å². The lowest BCUT2D eigenvalue weighted by Crippen LogP contribution is -2.02. The van der Waals surface area contributed by atoms with E-state index < -0.39 is 0 Å². The number of furan rings is 1. The molecule has 9 nitrogen and oxygen atoms in total. The number of aryl methyl sites for hydroxylation is 2. The van der Waals surface area contributed by atoms with E-state index >= 15 is 0 Å². The molecule has 10 heteroatoms. The molecule has 0 radical (unpaired) electrons. The van der Waals surface area contributed by atoms with Crippen LogP contribution in [0.25, 0.3) is 29.5 Å². The zero-order chi connectivity index (χ0) is 29.6. The van der Waals surface area contributed by atoms with Crippen molar-refractivity contribution in [2.75, 3.05) is 7.11 Å². The number of aromatic nitrogens is 4. The Kier molecular flexibility index (Phi) is 8.37. The van der Waals surface area contributed by atoms with Gasteiger partial charge in [-0.2, -0.15) is 0 Å². The summed E-state index contributed by atoms with van der Waals surface area (Å²) in [6, 6.07) is 19.2. The maximum Gasteiger partial charge on any atom is 0.263 e. The second kappa shape index (κ2) is 12.8. The summed E-state index contributed by atoms with van der Waals surface area (Å²) in [5, 5.41) is 7.88. The summed E-state index contributed by atoms with van der Waals surface area (Å²) in [6.07, 6.45) is 8.42. The zero-order valence-corrected chi connectivity index (χ0v) is 24.8. The number of rotatable bonds is 12. The SMILES string of the molecule is CCc1nc(/C=C\c2cn(-c3ccccc3)nc2OCc2ccc(OCc3nc(-c4ccco4)oc3C)c(OC)c2)cs1. The third-order valence-corrected chi connectivity index (χ3v) is 7.64. The summed E-state index contributed by atoms with van der Waals surface area (Å²) in [7, 11) is 1.61. The summed E-state index contributed by atoms with van der Waals surface area (Å²) < 4.78 is 30.8. The molecular weight excluding hydrogens is 564 g/mol. The van der Waals surface area contributed by atoms with E-state index in [-0.39, 0.29) is 13.2 Å². The largest absolute Gasteiger partial charge is 0.493 e. The predicted molar refractivity (Wildman–Crippen MR) is 165 cm³/mol. The number of ether oxygens (including phenoxy) is 3. The van der Waals surface area contributed by atoms with Crippen LogP contribution in [0.1, 0.15) is 40.2 Å². The Morgan fingerprint density at radius 3 is 2.60 bits per heavy atom. The van der Waals surface area contributed by atoms with Gasteiger partial charge >= 0.3 is 0 Å². The minimum atomic E-state index is 0.216. The highest BCUT2D eigenvalue weighted by molar-refractivity contribution is 7.09. The van der Waals surface area contributed by atoms with Gasteiger partial charge < -0.3 is 23.0 Å². The minimum Gasteiger partial charge on any atom is -0.493 e. The molecule has 0 fully saturated rings. The first-order valence-corrected chi connectivity index (χ1v) is 14.7. The fourth-order valence-electron chi connectivity index (χ4n) is 4.34. The molecular formula is C33H30N4O5S. The highest BCUT2D eigenvalue weighted by atomic mass is 32.1. The number of thiazole rings is 1. The van der Waals surface area contributed by atoms with Gasteiger partial charge in [0.1, 0.15) is 24.7 Å². The number of para-hydroxylation sites is 1. The van der Waals surface area contributed by atoms with Gasteiger partial charge in [0.15, 0.2) is 17.3 Å². The molecule has 4 aromatic heterocycles. The van der Waals surface area contributed by atoms with Crippen molar-refractivity contribution in [1.29, 1.82) is 0 Å². The van der Waals surface area contributed by atoms with Crippen LogP contribution in [0.5, 0.6) is 17.4 Å². The van der Waals surface area contributed by atoms with Gasteiger partial charge in [0.05, 0.1) is 35.3 Å². The predicted octanol–water partition coefficient (Wildman–Crippen LogP) is 7.78. The minimum absolute atomic E-state index is 0.216. The van der Waals surface area contributed by atoms with Gasteiger partial charge in [0, 0.05) is 11.6 Å². The lowest BCUT2D eigenvalue weighted by molar-refractivity contribution is 0.275. The first kappa shape index (κ1) is 28.0. The number of methoxy groups -OCH3 is 1. The van der Waals surface area contributed by atoms with Crippen LogP contribution < -0.4 is 14.2 Å². The number of hydrogen-bond donors (Lipinski definition) is 0. The van der Waals surface area contributed by atoms with Crippen molar-refractivity contribution in [3.63, 3.8) is 0 Å². The monoisotopic (exact) mass is 594 g/mol. The smallest absolute Gasteiger partial charge is 0.263 e.